The Balaban J connectivity index is 2.20. The van der Waals surface area contributed by atoms with Crippen LogP contribution >= 0.6 is 23.2 Å². The Bertz CT molecular complexity index is 957. The molecule has 152 valence electrons. The van der Waals surface area contributed by atoms with Crippen molar-refractivity contribution in [1.82, 2.24) is 4.90 Å². The highest BCUT2D eigenvalue weighted by Gasteiger charge is 2.47. The molecule has 6 nitrogen and oxygen atoms in total. The van der Waals surface area contributed by atoms with E-state index in [4.69, 9.17) is 32.7 Å². The molecule has 3 rings (SSSR count). The molecule has 0 spiro atoms. The van der Waals surface area contributed by atoms with Crippen LogP contribution in [0.4, 0.5) is 0 Å². The molecular formula is C21H19Cl2NO5. The Labute approximate surface area is 178 Å². The molecule has 1 heterocycles. The standard InChI is InChI=1S/C21H19Cl2NO5/c1-28-16(29-2)11-24-18(14-9-8-13(22)10-15(14)23)17(20(26)21(24)27)19(25)12-6-4-3-5-7-12/h3-10,16,18,25H,11H2,1-2H3. The minimum atomic E-state index is -0.923. The van der Waals surface area contributed by atoms with Gasteiger partial charge < -0.3 is 19.5 Å². The summed E-state index contributed by atoms with van der Waals surface area (Å²) in [6.07, 6.45) is -0.765. The highest BCUT2D eigenvalue weighted by molar-refractivity contribution is 6.47. The fraction of sp³-hybridized carbons (Fsp3) is 0.238. The fourth-order valence-electron chi connectivity index (χ4n) is 3.27. The van der Waals surface area contributed by atoms with Crippen LogP contribution in [0.5, 0.6) is 0 Å². The van der Waals surface area contributed by atoms with Crippen molar-refractivity contribution in [2.75, 3.05) is 20.8 Å². The number of aliphatic hydroxyl groups excluding tert-OH is 1. The molecule has 0 aromatic heterocycles. The molecule has 2 aromatic carbocycles. The first kappa shape index (κ1) is 21.3. The molecule has 8 heteroatoms. The van der Waals surface area contributed by atoms with Gasteiger partial charge >= 0.3 is 0 Å². The first-order valence-electron chi connectivity index (χ1n) is 8.73. The van der Waals surface area contributed by atoms with E-state index in [-0.39, 0.29) is 22.9 Å². The van der Waals surface area contributed by atoms with E-state index in [9.17, 15) is 14.7 Å². The summed E-state index contributed by atoms with van der Waals surface area (Å²) in [6, 6.07) is 12.4. The third-order valence-electron chi connectivity index (χ3n) is 4.72. The number of Topliss-reactive ketones (excluding diaryl/α,β-unsaturated/α-hetero) is 1. The number of hydrogen-bond donors (Lipinski definition) is 1. The number of rotatable bonds is 6. The summed E-state index contributed by atoms with van der Waals surface area (Å²) in [7, 11) is 2.86. The molecule has 0 radical (unpaired) electrons. The zero-order valence-corrected chi connectivity index (χ0v) is 17.3. The lowest BCUT2D eigenvalue weighted by atomic mass is 9.95. The van der Waals surface area contributed by atoms with E-state index in [0.717, 1.165) is 0 Å². The second kappa shape index (κ2) is 8.97. The molecule has 1 fully saturated rings. The minimum Gasteiger partial charge on any atom is -0.507 e. The van der Waals surface area contributed by atoms with E-state index in [1.165, 1.54) is 25.2 Å². The van der Waals surface area contributed by atoms with Gasteiger partial charge in [0.1, 0.15) is 5.76 Å². The highest BCUT2D eigenvalue weighted by Crippen LogP contribution is 2.42. The third-order valence-corrected chi connectivity index (χ3v) is 5.28. The summed E-state index contributed by atoms with van der Waals surface area (Å²) >= 11 is 12.4. The maximum atomic E-state index is 12.9. The minimum absolute atomic E-state index is 0.0350. The predicted octanol–water partition coefficient (Wildman–Crippen LogP) is 4.03. The molecule has 0 bridgehead atoms. The van der Waals surface area contributed by atoms with E-state index in [2.05, 4.69) is 0 Å². The Morgan fingerprint density at radius 1 is 1.10 bits per heavy atom. The zero-order chi connectivity index (χ0) is 21.1. The Kier molecular flexibility index (Phi) is 6.59. The summed E-state index contributed by atoms with van der Waals surface area (Å²) in [5, 5.41) is 11.6. The zero-order valence-electron chi connectivity index (χ0n) is 15.8. The van der Waals surface area contributed by atoms with Crippen molar-refractivity contribution >= 4 is 40.7 Å². The number of aliphatic hydroxyl groups is 1. The normalized spacial score (nSPS) is 18.7. The number of halogens is 2. The van der Waals surface area contributed by atoms with Gasteiger partial charge in [0.25, 0.3) is 11.7 Å². The van der Waals surface area contributed by atoms with Crippen LogP contribution in [0, 0.1) is 0 Å². The molecule has 1 unspecified atom stereocenters. The third kappa shape index (κ3) is 4.16. The van der Waals surface area contributed by atoms with Gasteiger partial charge in [-0.15, -0.1) is 0 Å². The molecule has 1 aliphatic rings. The van der Waals surface area contributed by atoms with Gasteiger partial charge in [-0.1, -0.05) is 59.6 Å². The van der Waals surface area contributed by atoms with Crippen molar-refractivity contribution in [2.24, 2.45) is 0 Å². The molecule has 1 aliphatic heterocycles. The summed E-state index contributed by atoms with van der Waals surface area (Å²) in [5.41, 5.74) is 0.811. The number of carbonyl (C=O) groups is 2. The van der Waals surface area contributed by atoms with Crippen LogP contribution in [-0.2, 0) is 19.1 Å². The van der Waals surface area contributed by atoms with Crippen molar-refractivity contribution in [3.63, 3.8) is 0 Å². The van der Waals surface area contributed by atoms with Crippen LogP contribution in [0.3, 0.4) is 0 Å². The van der Waals surface area contributed by atoms with E-state index in [1.54, 1.807) is 42.5 Å². The summed E-state index contributed by atoms with van der Waals surface area (Å²) in [4.78, 5) is 27.0. The Morgan fingerprint density at radius 3 is 2.34 bits per heavy atom. The first-order chi connectivity index (χ1) is 13.9. The van der Waals surface area contributed by atoms with Gasteiger partial charge in [-0.05, 0) is 17.7 Å². The molecule has 1 N–H and O–H groups in total. The largest absolute Gasteiger partial charge is 0.507 e. The van der Waals surface area contributed by atoms with E-state index in [0.29, 0.717) is 16.1 Å². The lowest BCUT2D eigenvalue weighted by molar-refractivity contribution is -0.149. The van der Waals surface area contributed by atoms with Gasteiger partial charge in [0.05, 0.1) is 18.2 Å². The number of ketones is 1. The molecule has 0 saturated carbocycles. The average Bonchev–Trinajstić information content (AvgIpc) is 2.96. The maximum Gasteiger partial charge on any atom is 0.295 e. The lowest BCUT2D eigenvalue weighted by Crippen LogP contribution is -2.38. The molecule has 0 aliphatic carbocycles. The predicted molar refractivity (Wildman–Crippen MR) is 110 cm³/mol. The number of amides is 1. The molecular weight excluding hydrogens is 417 g/mol. The highest BCUT2D eigenvalue weighted by atomic mass is 35.5. The number of methoxy groups -OCH3 is 2. The van der Waals surface area contributed by atoms with Gasteiger partial charge in [0, 0.05) is 29.8 Å². The van der Waals surface area contributed by atoms with Crippen LogP contribution < -0.4 is 0 Å². The SMILES string of the molecule is COC(CN1C(=O)C(=O)C(=C(O)c2ccccc2)C1c1ccc(Cl)cc1Cl)OC. The molecule has 29 heavy (non-hydrogen) atoms. The van der Waals surface area contributed by atoms with Crippen molar-refractivity contribution in [3.05, 3.63) is 75.3 Å². The summed E-state index contributed by atoms with van der Waals surface area (Å²) < 4.78 is 10.4. The van der Waals surface area contributed by atoms with Crippen LogP contribution in [-0.4, -0.2) is 48.8 Å². The van der Waals surface area contributed by atoms with Crippen molar-refractivity contribution < 1.29 is 24.2 Å². The smallest absolute Gasteiger partial charge is 0.295 e. The monoisotopic (exact) mass is 435 g/mol. The first-order valence-corrected chi connectivity index (χ1v) is 9.49. The van der Waals surface area contributed by atoms with Crippen LogP contribution in [0.2, 0.25) is 10.0 Å². The summed E-state index contributed by atoms with van der Waals surface area (Å²) in [5.74, 6) is -1.88. The number of benzene rings is 2. The molecule has 1 saturated heterocycles. The second-order valence-electron chi connectivity index (χ2n) is 6.38. The average molecular weight is 436 g/mol. The number of nitrogens with zero attached hydrogens (tertiary/aromatic N) is 1. The van der Waals surface area contributed by atoms with E-state index >= 15 is 0 Å². The van der Waals surface area contributed by atoms with Gasteiger partial charge in [0.2, 0.25) is 0 Å². The summed E-state index contributed by atoms with van der Waals surface area (Å²) in [6.45, 7) is -0.0350. The van der Waals surface area contributed by atoms with E-state index in [1.807, 2.05) is 0 Å². The van der Waals surface area contributed by atoms with Gasteiger partial charge in [-0.3, -0.25) is 9.59 Å². The number of hydrogen-bond acceptors (Lipinski definition) is 5. The molecule has 1 amide bonds. The molecule has 1 atom stereocenters. The van der Waals surface area contributed by atoms with Crippen molar-refractivity contribution in [2.45, 2.75) is 12.3 Å². The van der Waals surface area contributed by atoms with Crippen LogP contribution in [0.25, 0.3) is 5.76 Å². The topological polar surface area (TPSA) is 76.1 Å². The van der Waals surface area contributed by atoms with E-state index < -0.39 is 24.0 Å². The second-order valence-corrected chi connectivity index (χ2v) is 7.23. The Hall–Kier alpha value is -2.38. The van der Waals surface area contributed by atoms with Gasteiger partial charge in [-0.2, -0.15) is 0 Å². The maximum absolute atomic E-state index is 12.9. The molecule has 2 aromatic rings. The lowest BCUT2D eigenvalue weighted by Gasteiger charge is -2.28. The van der Waals surface area contributed by atoms with Crippen molar-refractivity contribution in [1.29, 1.82) is 0 Å². The Morgan fingerprint density at radius 2 is 1.76 bits per heavy atom. The fourth-order valence-corrected chi connectivity index (χ4v) is 3.78. The quantitative estimate of drug-likeness (QED) is 0.320. The van der Waals surface area contributed by atoms with Gasteiger partial charge in [0.15, 0.2) is 6.29 Å². The van der Waals surface area contributed by atoms with Crippen LogP contribution in [0.15, 0.2) is 54.1 Å². The van der Waals surface area contributed by atoms with Crippen LogP contribution in [0.1, 0.15) is 17.2 Å². The van der Waals surface area contributed by atoms with Gasteiger partial charge in [-0.25, -0.2) is 0 Å². The number of carbonyl (C=O) groups excluding carboxylic acids is 2. The van der Waals surface area contributed by atoms with Crippen molar-refractivity contribution in [3.8, 4) is 0 Å². The number of ether oxygens (including phenoxy) is 2. The number of likely N-dealkylation sites (tertiary alicyclic amines) is 1.